The summed E-state index contributed by atoms with van der Waals surface area (Å²) in [5.74, 6) is -1.23. The molecule has 0 spiro atoms. The first-order valence-electron chi connectivity index (χ1n) is 4.72. The summed E-state index contributed by atoms with van der Waals surface area (Å²) in [7, 11) is 0. The third-order valence-electron chi connectivity index (χ3n) is 2.06. The van der Waals surface area contributed by atoms with Crippen molar-refractivity contribution in [3.8, 4) is 0 Å². The number of aromatic nitrogens is 1. The Bertz CT molecular complexity index is 437. The Morgan fingerprint density at radius 3 is 2.28 bits per heavy atom. The molecule has 1 aromatic heterocycles. The fraction of sp³-hybridized carbons (Fsp3) is 0.400. The van der Waals surface area contributed by atoms with Crippen molar-refractivity contribution in [1.82, 2.24) is 4.98 Å². The minimum Gasteiger partial charge on any atom is -0.294 e. The molecule has 1 heterocycles. The Balaban J connectivity index is 2.93. The third-order valence-corrected chi connectivity index (χ3v) is 2.06. The van der Waals surface area contributed by atoms with E-state index >= 15 is 0 Å². The first-order chi connectivity index (χ1) is 8.11. The molecule has 0 fully saturated rings. The summed E-state index contributed by atoms with van der Waals surface area (Å²) in [4.78, 5) is 14.6. The van der Waals surface area contributed by atoms with Crippen molar-refractivity contribution in [3.05, 3.63) is 29.6 Å². The van der Waals surface area contributed by atoms with Crippen LogP contribution in [0.1, 0.15) is 28.8 Å². The van der Waals surface area contributed by atoms with Gasteiger partial charge < -0.3 is 0 Å². The van der Waals surface area contributed by atoms with Crippen molar-refractivity contribution >= 4 is 5.78 Å². The first kappa shape index (κ1) is 14.5. The topological polar surface area (TPSA) is 30.0 Å². The Labute approximate surface area is 97.6 Å². The summed E-state index contributed by atoms with van der Waals surface area (Å²) in [5, 5.41) is 0. The Hall–Kier alpha value is -1.60. The Kier molecular flexibility index (Phi) is 3.98. The van der Waals surface area contributed by atoms with E-state index in [4.69, 9.17) is 0 Å². The van der Waals surface area contributed by atoms with Gasteiger partial charge in [-0.1, -0.05) is 0 Å². The predicted octanol–water partition coefficient (Wildman–Crippen LogP) is 3.63. The molecule has 1 aromatic rings. The lowest BCUT2D eigenvalue weighted by atomic mass is 10.0. The normalized spacial score (nSPS) is 12.6. The quantitative estimate of drug-likeness (QED) is 0.620. The maximum atomic E-state index is 12.5. The van der Waals surface area contributed by atoms with E-state index in [1.165, 1.54) is 0 Å². The highest BCUT2D eigenvalue weighted by atomic mass is 19.4. The zero-order valence-corrected chi connectivity index (χ0v) is 8.77. The lowest BCUT2D eigenvalue weighted by Crippen LogP contribution is -2.16. The van der Waals surface area contributed by atoms with Gasteiger partial charge in [-0.15, -0.1) is 0 Å². The summed E-state index contributed by atoms with van der Waals surface area (Å²) >= 11 is 0. The number of hydrogen-bond donors (Lipinski definition) is 0. The van der Waals surface area contributed by atoms with Crippen LogP contribution in [0.3, 0.4) is 0 Å². The number of nitrogens with zero attached hydrogens (tertiary/aromatic N) is 1. The summed E-state index contributed by atoms with van der Waals surface area (Å²) in [6.07, 6.45) is -10.4. The third kappa shape index (κ3) is 4.01. The summed E-state index contributed by atoms with van der Waals surface area (Å²) < 4.78 is 73.1. The van der Waals surface area contributed by atoms with Crippen molar-refractivity contribution < 1.29 is 31.1 Å². The molecule has 0 unspecified atom stereocenters. The Morgan fingerprint density at radius 1 is 1.17 bits per heavy atom. The summed E-state index contributed by atoms with van der Waals surface area (Å²) in [6.45, 7) is 0. The van der Waals surface area contributed by atoms with Gasteiger partial charge in [0.15, 0.2) is 5.78 Å². The number of Topliss-reactive ketones (excluding diaryl/α,β-unsaturated/α-hetero) is 1. The first-order valence-corrected chi connectivity index (χ1v) is 4.72. The average molecular weight is 271 g/mol. The average Bonchev–Trinajstić information content (AvgIpc) is 2.24. The molecule has 0 aromatic carbocycles. The minimum atomic E-state index is -4.80. The van der Waals surface area contributed by atoms with Crippen molar-refractivity contribution in [2.45, 2.75) is 25.2 Å². The van der Waals surface area contributed by atoms with Crippen molar-refractivity contribution in [1.29, 1.82) is 0 Å². The number of pyridine rings is 1. The number of carbonyl (C=O) groups excluding carboxylic acids is 1. The van der Waals surface area contributed by atoms with Crippen LogP contribution in [0, 0.1) is 0 Å². The second-order valence-electron chi connectivity index (χ2n) is 3.46. The van der Waals surface area contributed by atoms with E-state index in [0.717, 1.165) is 6.20 Å². The van der Waals surface area contributed by atoms with Gasteiger partial charge in [-0.3, -0.25) is 9.78 Å². The van der Waals surface area contributed by atoms with Gasteiger partial charge in [0.05, 0.1) is 12.0 Å². The smallest absolute Gasteiger partial charge is 0.294 e. The molecule has 0 aliphatic carbocycles. The van der Waals surface area contributed by atoms with Gasteiger partial charge in [0, 0.05) is 24.4 Å². The van der Waals surface area contributed by atoms with Crippen LogP contribution in [-0.2, 0) is 6.18 Å². The fourth-order valence-electron chi connectivity index (χ4n) is 1.25. The second-order valence-corrected chi connectivity index (χ2v) is 3.46. The molecule has 0 amide bonds. The molecule has 0 N–H and O–H groups in total. The van der Waals surface area contributed by atoms with Crippen LogP contribution in [0.15, 0.2) is 18.5 Å². The van der Waals surface area contributed by atoms with Crippen LogP contribution in [0.25, 0.3) is 0 Å². The number of carbonyl (C=O) groups is 1. The van der Waals surface area contributed by atoms with Gasteiger partial charge in [0.2, 0.25) is 0 Å². The molecule has 100 valence electrons. The highest BCUT2D eigenvalue weighted by Gasteiger charge is 2.36. The van der Waals surface area contributed by atoms with E-state index in [2.05, 4.69) is 4.98 Å². The standard InChI is InChI=1S/C10H7F6NO/c11-9(12,13)3-1-8(18)6-5-17-4-2-7(6)10(14,15)16/h2,4-5H,1,3H2. The van der Waals surface area contributed by atoms with Crippen molar-refractivity contribution in [3.63, 3.8) is 0 Å². The van der Waals surface area contributed by atoms with E-state index in [9.17, 15) is 31.1 Å². The summed E-state index contributed by atoms with van der Waals surface area (Å²) in [5.41, 5.74) is -2.11. The van der Waals surface area contributed by atoms with Crippen LogP contribution >= 0.6 is 0 Å². The van der Waals surface area contributed by atoms with Crippen LogP contribution < -0.4 is 0 Å². The second kappa shape index (κ2) is 4.95. The van der Waals surface area contributed by atoms with Crippen molar-refractivity contribution in [2.24, 2.45) is 0 Å². The lowest BCUT2D eigenvalue weighted by molar-refractivity contribution is -0.138. The molecule has 0 aliphatic rings. The number of alkyl halides is 6. The lowest BCUT2D eigenvalue weighted by Gasteiger charge is -2.11. The SMILES string of the molecule is O=C(CCC(F)(F)F)c1cnccc1C(F)(F)F. The monoisotopic (exact) mass is 271 g/mol. The van der Waals surface area contributed by atoms with Crippen LogP contribution in [0.2, 0.25) is 0 Å². The predicted molar refractivity (Wildman–Crippen MR) is 48.9 cm³/mol. The molecular weight excluding hydrogens is 264 g/mol. The number of ketones is 1. The zero-order chi connectivity index (χ0) is 14.0. The molecule has 2 nitrogen and oxygen atoms in total. The van der Waals surface area contributed by atoms with Gasteiger partial charge in [-0.25, -0.2) is 0 Å². The highest BCUT2D eigenvalue weighted by Crippen LogP contribution is 2.32. The molecular formula is C10H7F6NO. The molecule has 8 heteroatoms. The molecule has 18 heavy (non-hydrogen) atoms. The maximum absolute atomic E-state index is 12.5. The van der Waals surface area contributed by atoms with Crippen LogP contribution in [0.5, 0.6) is 0 Å². The van der Waals surface area contributed by atoms with E-state index in [1.54, 1.807) is 0 Å². The van der Waals surface area contributed by atoms with Crippen LogP contribution in [0.4, 0.5) is 26.3 Å². The number of rotatable bonds is 3. The van der Waals surface area contributed by atoms with Gasteiger partial charge >= 0.3 is 12.4 Å². The maximum Gasteiger partial charge on any atom is 0.417 e. The van der Waals surface area contributed by atoms with Gasteiger partial charge in [-0.05, 0) is 6.07 Å². The molecule has 1 rings (SSSR count). The molecule has 0 saturated heterocycles. The number of hydrogen-bond acceptors (Lipinski definition) is 2. The van der Waals surface area contributed by atoms with E-state index < -0.39 is 42.1 Å². The van der Waals surface area contributed by atoms with Crippen molar-refractivity contribution in [2.75, 3.05) is 0 Å². The minimum absolute atomic E-state index is 0.556. The van der Waals surface area contributed by atoms with Gasteiger partial charge in [-0.2, -0.15) is 26.3 Å². The van der Waals surface area contributed by atoms with Gasteiger partial charge in [0.1, 0.15) is 0 Å². The molecule has 0 aliphatic heterocycles. The largest absolute Gasteiger partial charge is 0.417 e. The molecule has 0 saturated carbocycles. The number of halogens is 6. The summed E-state index contributed by atoms with van der Waals surface area (Å²) in [6, 6.07) is 0.556. The molecule has 0 atom stereocenters. The van der Waals surface area contributed by atoms with Crippen LogP contribution in [-0.4, -0.2) is 16.9 Å². The van der Waals surface area contributed by atoms with E-state index in [0.29, 0.717) is 12.3 Å². The molecule has 0 bridgehead atoms. The van der Waals surface area contributed by atoms with E-state index in [-0.39, 0.29) is 0 Å². The molecule has 0 radical (unpaired) electrons. The fourth-order valence-corrected chi connectivity index (χ4v) is 1.25. The zero-order valence-electron chi connectivity index (χ0n) is 8.77. The van der Waals surface area contributed by atoms with Gasteiger partial charge in [0.25, 0.3) is 0 Å². The Morgan fingerprint density at radius 2 is 1.78 bits per heavy atom. The van der Waals surface area contributed by atoms with E-state index in [1.807, 2.05) is 0 Å². The highest BCUT2D eigenvalue weighted by molar-refractivity contribution is 5.97.